The van der Waals surface area contributed by atoms with Gasteiger partial charge in [-0.3, -0.25) is 0 Å². The quantitative estimate of drug-likeness (QED) is 0.799. The van der Waals surface area contributed by atoms with Crippen molar-refractivity contribution in [2.75, 3.05) is 11.9 Å². The Morgan fingerprint density at radius 1 is 1.30 bits per heavy atom. The molecule has 1 aromatic carbocycles. The van der Waals surface area contributed by atoms with Gasteiger partial charge in [-0.25, -0.2) is 4.79 Å². The first-order chi connectivity index (χ1) is 10.9. The lowest BCUT2D eigenvalue weighted by Gasteiger charge is -2.37. The number of anilines is 1. The first-order valence-electron chi connectivity index (χ1n) is 8.48. The summed E-state index contributed by atoms with van der Waals surface area (Å²) in [6.45, 7) is 7.55. The van der Waals surface area contributed by atoms with E-state index in [1.54, 1.807) is 0 Å². The van der Waals surface area contributed by atoms with Crippen LogP contribution in [0.5, 0.6) is 0 Å². The van der Waals surface area contributed by atoms with E-state index in [9.17, 15) is 4.79 Å². The Hall–Kier alpha value is -1.75. The molecule has 5 heteroatoms. The van der Waals surface area contributed by atoms with Gasteiger partial charge in [0.1, 0.15) is 5.60 Å². The minimum absolute atomic E-state index is 0.224. The van der Waals surface area contributed by atoms with Gasteiger partial charge in [0.15, 0.2) is 0 Å². The van der Waals surface area contributed by atoms with Gasteiger partial charge in [0, 0.05) is 30.9 Å². The third kappa shape index (κ3) is 4.16. The van der Waals surface area contributed by atoms with Crippen LogP contribution in [0.3, 0.4) is 0 Å². The topological polar surface area (TPSA) is 62.4 Å². The summed E-state index contributed by atoms with van der Waals surface area (Å²) in [6.07, 6.45) is 2.73. The maximum Gasteiger partial charge on any atom is 0.407 e. The van der Waals surface area contributed by atoms with Crippen molar-refractivity contribution in [3.63, 3.8) is 0 Å². The van der Waals surface area contributed by atoms with E-state index >= 15 is 0 Å². The first kappa shape index (κ1) is 16.1. The molecule has 0 aromatic heterocycles. The zero-order valence-corrected chi connectivity index (χ0v) is 14.2. The van der Waals surface area contributed by atoms with Crippen LogP contribution in [0.15, 0.2) is 18.2 Å². The number of para-hydroxylation sites is 1. The number of carbonyl (C=O) groups excluding carboxylic acids is 1. The third-order valence-electron chi connectivity index (χ3n) is 4.37. The molecule has 0 spiro atoms. The van der Waals surface area contributed by atoms with Gasteiger partial charge >= 0.3 is 6.09 Å². The van der Waals surface area contributed by atoms with Crippen LogP contribution < -0.4 is 16.0 Å². The number of alkyl carbamates (subject to hydrolysis) is 1. The van der Waals surface area contributed by atoms with Gasteiger partial charge in [0.25, 0.3) is 0 Å². The Kier molecular flexibility index (Phi) is 4.48. The maximum absolute atomic E-state index is 11.7. The molecule has 23 heavy (non-hydrogen) atoms. The summed E-state index contributed by atoms with van der Waals surface area (Å²) in [5, 5.41) is 9.99. The Morgan fingerprint density at radius 2 is 2.09 bits per heavy atom. The van der Waals surface area contributed by atoms with Crippen LogP contribution in [0.2, 0.25) is 0 Å². The summed E-state index contributed by atoms with van der Waals surface area (Å²) in [7, 11) is 0. The SMILES string of the molecule is CC(C)(C)OC(=O)NC1CC(NCc2cccc3c2NCC3)C1. The van der Waals surface area contributed by atoms with Crippen molar-refractivity contribution in [1.29, 1.82) is 0 Å². The molecular weight excluding hydrogens is 290 g/mol. The molecule has 1 saturated carbocycles. The van der Waals surface area contributed by atoms with E-state index in [1.807, 2.05) is 20.8 Å². The second kappa shape index (κ2) is 6.40. The van der Waals surface area contributed by atoms with Gasteiger partial charge in [0.05, 0.1) is 0 Å². The number of hydrogen-bond donors (Lipinski definition) is 3. The lowest BCUT2D eigenvalue weighted by Crippen LogP contribution is -2.53. The molecule has 1 aliphatic carbocycles. The Balaban J connectivity index is 1.40. The van der Waals surface area contributed by atoms with Crippen LogP contribution in [0, 0.1) is 0 Å². The molecule has 1 amide bonds. The number of carbonyl (C=O) groups is 1. The van der Waals surface area contributed by atoms with Crippen LogP contribution in [-0.4, -0.2) is 30.3 Å². The lowest BCUT2D eigenvalue weighted by molar-refractivity contribution is 0.0465. The minimum Gasteiger partial charge on any atom is -0.444 e. The van der Waals surface area contributed by atoms with Gasteiger partial charge < -0.3 is 20.7 Å². The van der Waals surface area contributed by atoms with Gasteiger partial charge in [-0.2, -0.15) is 0 Å². The zero-order chi connectivity index (χ0) is 16.4. The monoisotopic (exact) mass is 317 g/mol. The molecular formula is C18H27N3O2. The molecule has 0 bridgehead atoms. The molecule has 126 valence electrons. The van der Waals surface area contributed by atoms with E-state index in [2.05, 4.69) is 34.1 Å². The number of benzene rings is 1. The third-order valence-corrected chi connectivity index (χ3v) is 4.37. The Bertz CT molecular complexity index is 574. The summed E-state index contributed by atoms with van der Waals surface area (Å²) < 4.78 is 5.28. The van der Waals surface area contributed by atoms with E-state index in [1.165, 1.54) is 16.8 Å². The molecule has 1 heterocycles. The molecule has 0 radical (unpaired) electrons. The fourth-order valence-corrected chi connectivity index (χ4v) is 3.19. The normalized spacial score (nSPS) is 22.7. The van der Waals surface area contributed by atoms with E-state index < -0.39 is 5.60 Å². The number of hydrogen-bond acceptors (Lipinski definition) is 4. The van der Waals surface area contributed by atoms with Crippen molar-refractivity contribution in [1.82, 2.24) is 10.6 Å². The smallest absolute Gasteiger partial charge is 0.407 e. The van der Waals surface area contributed by atoms with E-state index in [0.29, 0.717) is 6.04 Å². The number of nitrogens with one attached hydrogen (secondary N) is 3. The molecule has 1 aromatic rings. The molecule has 0 saturated heterocycles. The average Bonchev–Trinajstić information content (AvgIpc) is 2.88. The summed E-state index contributed by atoms with van der Waals surface area (Å²) in [6, 6.07) is 7.20. The van der Waals surface area contributed by atoms with Crippen molar-refractivity contribution in [2.24, 2.45) is 0 Å². The first-order valence-corrected chi connectivity index (χ1v) is 8.48. The minimum atomic E-state index is -0.438. The second-order valence-electron chi connectivity index (χ2n) is 7.52. The number of amides is 1. The Morgan fingerprint density at radius 3 is 2.83 bits per heavy atom. The highest BCUT2D eigenvalue weighted by atomic mass is 16.6. The molecule has 2 aliphatic rings. The van der Waals surface area contributed by atoms with E-state index in [0.717, 1.165) is 32.4 Å². The van der Waals surface area contributed by atoms with Crippen LogP contribution in [0.1, 0.15) is 44.7 Å². The second-order valence-corrected chi connectivity index (χ2v) is 7.52. The number of ether oxygens (including phenoxy) is 1. The molecule has 0 atom stereocenters. The standard InChI is InChI=1S/C18H27N3O2/c1-18(2,3)23-17(22)21-15-9-14(10-15)20-11-13-6-4-5-12-7-8-19-16(12)13/h4-6,14-15,19-20H,7-11H2,1-3H3,(H,21,22). The van der Waals surface area contributed by atoms with E-state index in [-0.39, 0.29) is 12.1 Å². The molecule has 1 fully saturated rings. The number of fused-ring (bicyclic) bond motifs is 1. The molecule has 5 nitrogen and oxygen atoms in total. The van der Waals surface area contributed by atoms with Crippen molar-refractivity contribution in [2.45, 2.75) is 64.3 Å². The lowest BCUT2D eigenvalue weighted by atomic mass is 9.86. The molecule has 3 N–H and O–H groups in total. The highest BCUT2D eigenvalue weighted by molar-refractivity contribution is 5.68. The van der Waals surface area contributed by atoms with Crippen LogP contribution in [0.4, 0.5) is 10.5 Å². The van der Waals surface area contributed by atoms with Crippen LogP contribution in [0.25, 0.3) is 0 Å². The predicted octanol–water partition coefficient (Wildman–Crippen LogP) is 2.80. The Labute approximate surface area is 138 Å². The van der Waals surface area contributed by atoms with E-state index in [4.69, 9.17) is 4.74 Å². The van der Waals surface area contributed by atoms with Gasteiger partial charge in [0.2, 0.25) is 0 Å². The molecule has 1 aliphatic heterocycles. The highest BCUT2D eigenvalue weighted by Gasteiger charge is 2.31. The highest BCUT2D eigenvalue weighted by Crippen LogP contribution is 2.27. The van der Waals surface area contributed by atoms with Gasteiger partial charge in [-0.15, -0.1) is 0 Å². The maximum atomic E-state index is 11.7. The van der Waals surface area contributed by atoms with Gasteiger partial charge in [-0.1, -0.05) is 18.2 Å². The predicted molar refractivity (Wildman–Crippen MR) is 91.7 cm³/mol. The number of rotatable bonds is 4. The van der Waals surface area contributed by atoms with Crippen LogP contribution in [-0.2, 0) is 17.7 Å². The van der Waals surface area contributed by atoms with Gasteiger partial charge in [-0.05, 0) is 51.2 Å². The van der Waals surface area contributed by atoms with Crippen molar-refractivity contribution in [3.05, 3.63) is 29.3 Å². The van der Waals surface area contributed by atoms with Crippen molar-refractivity contribution < 1.29 is 9.53 Å². The summed E-state index contributed by atoms with van der Waals surface area (Å²) >= 11 is 0. The summed E-state index contributed by atoms with van der Waals surface area (Å²) in [5.74, 6) is 0. The average molecular weight is 317 g/mol. The largest absolute Gasteiger partial charge is 0.444 e. The summed E-state index contributed by atoms with van der Waals surface area (Å²) in [4.78, 5) is 11.7. The summed E-state index contributed by atoms with van der Waals surface area (Å²) in [5.41, 5.74) is 3.63. The molecule has 3 rings (SSSR count). The van der Waals surface area contributed by atoms with Crippen molar-refractivity contribution >= 4 is 11.8 Å². The zero-order valence-electron chi connectivity index (χ0n) is 14.2. The fourth-order valence-electron chi connectivity index (χ4n) is 3.19. The fraction of sp³-hybridized carbons (Fsp3) is 0.611. The van der Waals surface area contributed by atoms with Crippen molar-refractivity contribution in [3.8, 4) is 0 Å². The molecule has 0 unspecified atom stereocenters. The van der Waals surface area contributed by atoms with Crippen LogP contribution >= 0.6 is 0 Å².